The molecular weight excluding hydrogens is 296 g/mol. The lowest BCUT2D eigenvalue weighted by Gasteiger charge is -2.29. The third-order valence-electron chi connectivity index (χ3n) is 5.24. The van der Waals surface area contributed by atoms with Gasteiger partial charge < -0.3 is 0 Å². The third kappa shape index (κ3) is 1.88. The quantitative estimate of drug-likeness (QED) is 0.789. The van der Waals surface area contributed by atoms with Crippen molar-refractivity contribution in [2.45, 2.75) is 12.8 Å². The van der Waals surface area contributed by atoms with Crippen LogP contribution in [0.1, 0.15) is 18.4 Å². The van der Waals surface area contributed by atoms with Crippen molar-refractivity contribution in [1.29, 1.82) is 21.0 Å². The fourth-order valence-corrected chi connectivity index (χ4v) is 3.95. The van der Waals surface area contributed by atoms with Gasteiger partial charge in [0, 0.05) is 5.92 Å². The third-order valence-corrected chi connectivity index (χ3v) is 5.24. The molecule has 0 aliphatic heterocycles. The van der Waals surface area contributed by atoms with Gasteiger partial charge in [-0.15, -0.1) is 0 Å². The maximum atomic E-state index is 9.78. The van der Waals surface area contributed by atoms with E-state index in [1.54, 1.807) is 0 Å². The zero-order valence-electron chi connectivity index (χ0n) is 13.0. The first-order valence-corrected chi connectivity index (χ1v) is 7.76. The van der Waals surface area contributed by atoms with Gasteiger partial charge in [0.05, 0.1) is 24.3 Å². The number of rotatable bonds is 1. The van der Waals surface area contributed by atoms with Crippen molar-refractivity contribution in [1.82, 2.24) is 0 Å². The smallest absolute Gasteiger partial charge is 0.181 e. The Morgan fingerprint density at radius 1 is 0.875 bits per heavy atom. The number of nitriles is 4. The van der Waals surface area contributed by atoms with E-state index < -0.39 is 16.7 Å². The summed E-state index contributed by atoms with van der Waals surface area (Å²) in [6.45, 7) is 0. The van der Waals surface area contributed by atoms with E-state index in [4.69, 9.17) is 0 Å². The highest BCUT2D eigenvalue weighted by molar-refractivity contribution is 5.75. The molecule has 2 atom stereocenters. The lowest BCUT2D eigenvalue weighted by molar-refractivity contribution is 0.266. The van der Waals surface area contributed by atoms with Crippen molar-refractivity contribution >= 4 is 5.57 Å². The summed E-state index contributed by atoms with van der Waals surface area (Å²) in [4.78, 5) is 0. The number of hydrogen-bond acceptors (Lipinski definition) is 4. The molecule has 0 unspecified atom stereocenters. The second kappa shape index (κ2) is 5.70. The molecule has 1 fully saturated rings. The molecule has 114 valence electrons. The van der Waals surface area contributed by atoms with Crippen molar-refractivity contribution < 1.29 is 0 Å². The van der Waals surface area contributed by atoms with E-state index in [2.05, 4.69) is 0 Å². The Kier molecular flexibility index (Phi) is 3.69. The zero-order valence-corrected chi connectivity index (χ0v) is 13.0. The molecule has 4 nitrogen and oxygen atoms in total. The maximum Gasteiger partial charge on any atom is 0.181 e. The van der Waals surface area contributed by atoms with Crippen molar-refractivity contribution in [2.75, 3.05) is 0 Å². The van der Waals surface area contributed by atoms with Crippen LogP contribution < -0.4 is 0 Å². The lowest BCUT2D eigenvalue weighted by Crippen LogP contribution is -2.40. The van der Waals surface area contributed by atoms with Crippen molar-refractivity contribution in [3.05, 3.63) is 54.1 Å². The lowest BCUT2D eigenvalue weighted by atomic mass is 9.62. The van der Waals surface area contributed by atoms with Crippen LogP contribution in [0.15, 0.2) is 48.6 Å². The van der Waals surface area contributed by atoms with Crippen LogP contribution in [0, 0.1) is 68.0 Å². The van der Waals surface area contributed by atoms with Gasteiger partial charge in [-0.1, -0.05) is 48.6 Å². The van der Waals surface area contributed by atoms with Gasteiger partial charge in [-0.3, -0.25) is 0 Å². The van der Waals surface area contributed by atoms with Gasteiger partial charge in [0.1, 0.15) is 0 Å². The molecule has 0 radical (unpaired) electrons. The topological polar surface area (TPSA) is 95.2 Å². The highest BCUT2D eigenvalue weighted by Crippen LogP contribution is 2.61. The first kappa shape index (κ1) is 15.6. The average molecular weight is 310 g/mol. The van der Waals surface area contributed by atoms with Crippen LogP contribution in [0.5, 0.6) is 0 Å². The van der Waals surface area contributed by atoms with Crippen LogP contribution in [0.4, 0.5) is 0 Å². The summed E-state index contributed by atoms with van der Waals surface area (Å²) in [7, 11) is 0. The van der Waals surface area contributed by atoms with Crippen LogP contribution in [-0.4, -0.2) is 0 Å². The van der Waals surface area contributed by atoms with E-state index >= 15 is 0 Å². The maximum absolute atomic E-state index is 9.78. The Labute approximate surface area is 141 Å². The van der Waals surface area contributed by atoms with E-state index in [1.807, 2.05) is 72.8 Å². The second-order valence-corrected chi connectivity index (χ2v) is 6.23. The monoisotopic (exact) mass is 310 g/mol. The van der Waals surface area contributed by atoms with Crippen LogP contribution in [0.2, 0.25) is 0 Å². The number of fused-ring (bicyclic) bond motifs is 2. The fraction of sp³-hybridized carbons (Fsp3) is 0.300. The van der Waals surface area contributed by atoms with Gasteiger partial charge in [0.2, 0.25) is 0 Å². The van der Waals surface area contributed by atoms with Crippen molar-refractivity contribution in [3.63, 3.8) is 0 Å². The molecule has 0 heterocycles. The van der Waals surface area contributed by atoms with E-state index in [-0.39, 0.29) is 5.92 Å². The Morgan fingerprint density at radius 3 is 2.08 bits per heavy atom. The zero-order chi connectivity index (χ0) is 17.2. The van der Waals surface area contributed by atoms with Gasteiger partial charge in [0.15, 0.2) is 10.8 Å². The van der Waals surface area contributed by atoms with Gasteiger partial charge >= 0.3 is 0 Å². The van der Waals surface area contributed by atoms with Crippen LogP contribution in [0.3, 0.4) is 0 Å². The predicted octanol–water partition coefficient (Wildman–Crippen LogP) is 3.73. The summed E-state index contributed by atoms with van der Waals surface area (Å²) in [5.74, 6) is -0.765. The van der Waals surface area contributed by atoms with Gasteiger partial charge in [-0.25, -0.2) is 0 Å². The van der Waals surface area contributed by atoms with E-state index in [1.165, 1.54) is 0 Å². The average Bonchev–Trinajstić information content (AvgIpc) is 2.90. The molecular formula is C20H14N4. The Balaban J connectivity index is 2.21. The predicted molar refractivity (Wildman–Crippen MR) is 87.1 cm³/mol. The first-order valence-electron chi connectivity index (χ1n) is 7.76. The van der Waals surface area contributed by atoms with E-state index in [0.29, 0.717) is 12.8 Å². The molecule has 0 aromatic heterocycles. The molecule has 0 saturated heterocycles. The van der Waals surface area contributed by atoms with Crippen LogP contribution in [0.25, 0.3) is 5.57 Å². The second-order valence-electron chi connectivity index (χ2n) is 6.23. The largest absolute Gasteiger partial charge is 0.196 e. The summed E-state index contributed by atoms with van der Waals surface area (Å²) in [5.41, 5.74) is -1.34. The molecule has 24 heavy (non-hydrogen) atoms. The summed E-state index contributed by atoms with van der Waals surface area (Å²) in [6, 6.07) is 17.9. The van der Waals surface area contributed by atoms with Gasteiger partial charge in [-0.05, 0) is 29.9 Å². The van der Waals surface area contributed by atoms with Crippen molar-refractivity contribution in [3.8, 4) is 24.3 Å². The molecule has 0 spiro atoms. The molecule has 2 aliphatic rings. The fourth-order valence-electron chi connectivity index (χ4n) is 3.95. The normalized spacial score (nSPS) is 25.8. The minimum absolute atomic E-state index is 0.318. The molecule has 2 bridgehead atoms. The van der Waals surface area contributed by atoms with E-state index in [9.17, 15) is 21.0 Å². The van der Waals surface area contributed by atoms with Gasteiger partial charge in [-0.2, -0.15) is 21.0 Å². The molecule has 1 saturated carbocycles. The molecule has 2 aliphatic carbocycles. The molecule has 0 amide bonds. The molecule has 1 aromatic rings. The van der Waals surface area contributed by atoms with Crippen molar-refractivity contribution in [2.24, 2.45) is 22.7 Å². The molecule has 1 aromatic carbocycles. The summed E-state index contributed by atoms with van der Waals surface area (Å²) < 4.78 is 0. The first-order chi connectivity index (χ1) is 11.7. The summed E-state index contributed by atoms with van der Waals surface area (Å²) in [5, 5.41) is 39.0. The minimum atomic E-state index is -1.65. The summed E-state index contributed by atoms with van der Waals surface area (Å²) in [6.07, 6.45) is 6.78. The standard InChI is InChI=1S/C20H14N4/c21-11-19(12-22)17-8-4-7-16(15-5-2-1-3-6-15)9-18(10-17)20(19,13-23)14-24/h1-7,9,17-18H,8,10H2/t17-,18+/m1/s1. The van der Waals surface area contributed by atoms with Crippen LogP contribution >= 0.6 is 0 Å². The number of nitrogens with zero attached hydrogens (tertiary/aromatic N) is 4. The molecule has 3 rings (SSSR count). The Bertz CT molecular complexity index is 853. The number of benzene rings is 1. The number of allylic oxidation sites excluding steroid dienone is 4. The Morgan fingerprint density at radius 2 is 1.50 bits per heavy atom. The minimum Gasteiger partial charge on any atom is -0.196 e. The summed E-state index contributed by atoms with van der Waals surface area (Å²) >= 11 is 0. The molecule has 0 N–H and O–H groups in total. The number of hydrogen-bond donors (Lipinski definition) is 0. The van der Waals surface area contributed by atoms with Gasteiger partial charge in [0.25, 0.3) is 0 Å². The van der Waals surface area contributed by atoms with E-state index in [0.717, 1.165) is 11.1 Å². The molecule has 4 heteroatoms. The Hall–Kier alpha value is -3.34. The SMILES string of the molecule is N#CC1(C#N)[C@@H]2CC=CC(c3ccccc3)=C[C@@H](C2)C1(C#N)C#N. The highest BCUT2D eigenvalue weighted by Gasteiger charge is 2.67. The van der Waals surface area contributed by atoms with Crippen LogP contribution in [-0.2, 0) is 0 Å². The highest BCUT2D eigenvalue weighted by atomic mass is 14.7.